The van der Waals surface area contributed by atoms with Gasteiger partial charge in [0.25, 0.3) is 0 Å². The molecule has 2 heterocycles. The first-order valence-corrected chi connectivity index (χ1v) is 9.40. The minimum atomic E-state index is -0.510. The molecule has 1 N–H and O–H groups in total. The number of fused-ring (bicyclic) bond motifs is 1. The minimum Gasteiger partial charge on any atom is -0.444 e. The predicted octanol–water partition coefficient (Wildman–Crippen LogP) is 4.36. The molecule has 0 bridgehead atoms. The maximum absolute atomic E-state index is 12.1. The van der Waals surface area contributed by atoms with E-state index in [0.717, 1.165) is 35.1 Å². The van der Waals surface area contributed by atoms with Crippen LogP contribution in [0, 0.1) is 11.8 Å². The number of nitrogens with one attached hydrogen (secondary N) is 1. The average Bonchev–Trinajstić information content (AvgIpc) is 3.00. The van der Waals surface area contributed by atoms with Crippen LogP contribution in [0.5, 0.6) is 0 Å². The van der Waals surface area contributed by atoms with Crippen LogP contribution < -0.4 is 10.2 Å². The van der Waals surface area contributed by atoms with Crippen molar-refractivity contribution < 1.29 is 9.53 Å². The topological polar surface area (TPSA) is 54.5 Å². The van der Waals surface area contributed by atoms with Crippen molar-refractivity contribution in [1.29, 1.82) is 0 Å². The number of amides is 1. The van der Waals surface area contributed by atoms with Crippen molar-refractivity contribution in [2.75, 3.05) is 18.0 Å². The van der Waals surface area contributed by atoms with Crippen molar-refractivity contribution in [3.63, 3.8) is 0 Å². The SMILES string of the molecule is CC#Cc1cnc2ccc(Cl)cc2c1N1CC[C@H](NC(=O)OC(C)(C)C)C1. The molecule has 2 aromatic rings. The zero-order valence-electron chi connectivity index (χ0n) is 16.1. The van der Waals surface area contributed by atoms with Crippen LogP contribution in [0.1, 0.15) is 39.7 Å². The highest BCUT2D eigenvalue weighted by molar-refractivity contribution is 6.31. The van der Waals surface area contributed by atoms with Crippen LogP contribution in [0.3, 0.4) is 0 Å². The van der Waals surface area contributed by atoms with Gasteiger partial charge in [-0.15, -0.1) is 5.92 Å². The fraction of sp³-hybridized carbons (Fsp3) is 0.429. The molecule has 0 unspecified atom stereocenters. The van der Waals surface area contributed by atoms with Gasteiger partial charge in [-0.05, 0) is 52.3 Å². The number of hydrogen-bond acceptors (Lipinski definition) is 4. The smallest absolute Gasteiger partial charge is 0.407 e. The standard InChI is InChI=1S/C21H24ClN3O2/c1-5-6-14-12-23-18-8-7-15(22)11-17(18)19(14)25-10-9-16(13-25)24-20(26)27-21(2,3)4/h7-8,11-12,16H,9-10,13H2,1-4H3,(H,24,26)/t16-/m0/s1. The number of carbonyl (C=O) groups is 1. The van der Waals surface area contributed by atoms with Gasteiger partial charge in [0, 0.05) is 29.7 Å². The minimum absolute atomic E-state index is 0.0182. The molecule has 142 valence electrons. The quantitative estimate of drug-likeness (QED) is 0.780. The van der Waals surface area contributed by atoms with E-state index in [2.05, 4.69) is 27.0 Å². The Kier molecular flexibility index (Phi) is 5.48. The van der Waals surface area contributed by atoms with Crippen molar-refractivity contribution in [2.45, 2.75) is 45.8 Å². The lowest BCUT2D eigenvalue weighted by molar-refractivity contribution is 0.0509. The summed E-state index contributed by atoms with van der Waals surface area (Å²) < 4.78 is 5.37. The van der Waals surface area contributed by atoms with E-state index in [-0.39, 0.29) is 12.1 Å². The van der Waals surface area contributed by atoms with Crippen molar-refractivity contribution in [1.82, 2.24) is 10.3 Å². The Balaban J connectivity index is 1.87. The lowest BCUT2D eigenvalue weighted by Gasteiger charge is -2.24. The van der Waals surface area contributed by atoms with E-state index < -0.39 is 5.60 Å². The van der Waals surface area contributed by atoms with Crippen LogP contribution in [0.15, 0.2) is 24.4 Å². The summed E-state index contributed by atoms with van der Waals surface area (Å²) in [7, 11) is 0. The highest BCUT2D eigenvalue weighted by Gasteiger charge is 2.28. The number of pyridine rings is 1. The maximum atomic E-state index is 12.1. The molecule has 0 saturated carbocycles. The second-order valence-corrected chi connectivity index (χ2v) is 8.07. The normalized spacial score (nSPS) is 16.8. The molecule has 1 aromatic carbocycles. The Bertz CT molecular complexity index is 925. The zero-order chi connectivity index (χ0) is 19.6. The maximum Gasteiger partial charge on any atom is 0.407 e. The number of carbonyl (C=O) groups excluding carboxylic acids is 1. The molecular formula is C21H24ClN3O2. The van der Waals surface area contributed by atoms with Gasteiger partial charge in [-0.25, -0.2) is 4.79 Å². The van der Waals surface area contributed by atoms with Gasteiger partial charge in [0.05, 0.1) is 22.8 Å². The third kappa shape index (κ3) is 4.64. The second kappa shape index (κ2) is 7.66. The highest BCUT2D eigenvalue weighted by Crippen LogP contribution is 2.33. The van der Waals surface area contributed by atoms with Crippen LogP contribution in [0.4, 0.5) is 10.5 Å². The number of nitrogens with zero attached hydrogens (tertiary/aromatic N) is 2. The number of rotatable bonds is 2. The largest absolute Gasteiger partial charge is 0.444 e. The van der Waals surface area contributed by atoms with Crippen LogP contribution in [-0.4, -0.2) is 35.8 Å². The van der Waals surface area contributed by atoms with E-state index in [1.165, 1.54) is 0 Å². The van der Waals surface area contributed by atoms with Crippen molar-refractivity contribution >= 4 is 34.3 Å². The Morgan fingerprint density at radius 2 is 2.19 bits per heavy atom. The number of ether oxygens (including phenoxy) is 1. The van der Waals surface area contributed by atoms with Gasteiger partial charge in [0.2, 0.25) is 0 Å². The zero-order valence-corrected chi connectivity index (χ0v) is 16.9. The third-order valence-corrected chi connectivity index (χ3v) is 4.52. The molecule has 1 fully saturated rings. The fourth-order valence-electron chi connectivity index (χ4n) is 3.27. The molecule has 5 nitrogen and oxygen atoms in total. The van der Waals surface area contributed by atoms with Crippen molar-refractivity contribution in [3.05, 3.63) is 35.0 Å². The Hall–Kier alpha value is -2.45. The molecule has 6 heteroatoms. The number of halogens is 1. The van der Waals surface area contributed by atoms with Crippen molar-refractivity contribution in [2.24, 2.45) is 0 Å². The van der Waals surface area contributed by atoms with Gasteiger partial charge < -0.3 is 15.0 Å². The number of benzene rings is 1. The first-order valence-electron chi connectivity index (χ1n) is 9.02. The van der Waals surface area contributed by atoms with Crippen LogP contribution in [-0.2, 0) is 4.74 Å². The Morgan fingerprint density at radius 1 is 1.41 bits per heavy atom. The molecule has 1 atom stereocenters. The molecule has 3 rings (SSSR count). The van der Waals surface area contributed by atoms with E-state index in [4.69, 9.17) is 16.3 Å². The van der Waals surface area contributed by atoms with Gasteiger partial charge in [-0.1, -0.05) is 17.5 Å². The molecule has 0 spiro atoms. The predicted molar refractivity (Wildman–Crippen MR) is 109 cm³/mol. The van der Waals surface area contributed by atoms with E-state index >= 15 is 0 Å². The molecule has 27 heavy (non-hydrogen) atoms. The Morgan fingerprint density at radius 3 is 2.89 bits per heavy atom. The first kappa shape index (κ1) is 19.3. The summed E-state index contributed by atoms with van der Waals surface area (Å²) in [5.41, 5.74) is 2.25. The van der Waals surface area contributed by atoms with Gasteiger partial charge in [0.1, 0.15) is 5.60 Å². The van der Waals surface area contributed by atoms with Gasteiger partial charge in [-0.2, -0.15) is 0 Å². The fourth-order valence-corrected chi connectivity index (χ4v) is 3.45. The first-order chi connectivity index (χ1) is 12.8. The molecular weight excluding hydrogens is 362 g/mol. The molecule has 1 aliphatic heterocycles. The lowest BCUT2D eigenvalue weighted by atomic mass is 10.1. The number of alkyl carbamates (subject to hydrolysis) is 1. The summed E-state index contributed by atoms with van der Waals surface area (Å²) >= 11 is 6.23. The van der Waals surface area contributed by atoms with E-state index in [1.54, 1.807) is 6.20 Å². The van der Waals surface area contributed by atoms with Gasteiger partial charge in [0.15, 0.2) is 0 Å². The van der Waals surface area contributed by atoms with E-state index in [9.17, 15) is 4.79 Å². The Labute approximate surface area is 165 Å². The van der Waals surface area contributed by atoms with Crippen LogP contribution in [0.25, 0.3) is 10.9 Å². The summed E-state index contributed by atoms with van der Waals surface area (Å²) in [6.45, 7) is 8.87. The van der Waals surface area contributed by atoms with Crippen molar-refractivity contribution in [3.8, 4) is 11.8 Å². The summed E-state index contributed by atoms with van der Waals surface area (Å²) in [6, 6.07) is 5.69. The van der Waals surface area contributed by atoms with E-state index in [0.29, 0.717) is 11.6 Å². The summed E-state index contributed by atoms with van der Waals surface area (Å²) in [5.74, 6) is 6.10. The average molecular weight is 386 g/mol. The number of hydrogen-bond donors (Lipinski definition) is 1. The molecule has 0 radical (unpaired) electrons. The molecule has 1 aromatic heterocycles. The lowest BCUT2D eigenvalue weighted by Crippen LogP contribution is -2.40. The molecule has 0 aliphatic carbocycles. The monoisotopic (exact) mass is 385 g/mol. The van der Waals surface area contributed by atoms with E-state index in [1.807, 2.05) is 45.9 Å². The van der Waals surface area contributed by atoms with Crippen LogP contribution >= 0.6 is 11.6 Å². The molecule has 1 aliphatic rings. The molecule has 1 amide bonds. The summed E-state index contributed by atoms with van der Waals surface area (Å²) in [5, 5.41) is 4.60. The second-order valence-electron chi connectivity index (χ2n) is 7.63. The third-order valence-electron chi connectivity index (χ3n) is 4.29. The summed E-state index contributed by atoms with van der Waals surface area (Å²) in [6.07, 6.45) is 2.25. The highest BCUT2D eigenvalue weighted by atomic mass is 35.5. The van der Waals surface area contributed by atoms with Crippen LogP contribution in [0.2, 0.25) is 5.02 Å². The molecule has 1 saturated heterocycles. The number of aromatic nitrogens is 1. The van der Waals surface area contributed by atoms with Gasteiger partial charge >= 0.3 is 6.09 Å². The summed E-state index contributed by atoms with van der Waals surface area (Å²) in [4.78, 5) is 18.8. The van der Waals surface area contributed by atoms with Gasteiger partial charge in [-0.3, -0.25) is 4.98 Å². The number of anilines is 1.